The lowest BCUT2D eigenvalue weighted by molar-refractivity contribution is -0.385. The number of alkyl halides is 1. The molecular formula is C10H12ClN3O2. The van der Waals surface area contributed by atoms with E-state index in [1.807, 2.05) is 6.92 Å². The average Bonchev–Trinajstić information content (AvgIpc) is 2.23. The minimum absolute atomic E-state index is 0.0340. The Morgan fingerprint density at radius 1 is 1.56 bits per heavy atom. The largest absolute Gasteiger partial charge is 0.386 e. The second-order valence-electron chi connectivity index (χ2n) is 3.37. The Kier molecular flexibility index (Phi) is 3.84. The maximum atomic E-state index is 10.7. The number of amidine groups is 1. The summed E-state index contributed by atoms with van der Waals surface area (Å²) in [6, 6.07) is 3.10. The molecule has 5 nitrogen and oxygen atoms in total. The molecule has 0 atom stereocenters. The number of nitro benzene ring substituents is 1. The Bertz CT molecular complexity index is 458. The molecule has 2 N–H and O–H groups in total. The number of halogens is 1. The number of nitrogens with zero attached hydrogens (tertiary/aromatic N) is 2. The molecule has 0 aliphatic rings. The molecule has 0 fully saturated rings. The van der Waals surface area contributed by atoms with Gasteiger partial charge in [0.2, 0.25) is 0 Å². The lowest BCUT2D eigenvalue weighted by Gasteiger charge is -2.06. The summed E-state index contributed by atoms with van der Waals surface area (Å²) < 4.78 is 0. The first-order valence-electron chi connectivity index (χ1n) is 4.61. The SMILES string of the molecule is Cc1ccc([N+](=O)[O-])c(C)c1N=C(N)CCl. The molecular weight excluding hydrogens is 230 g/mol. The maximum absolute atomic E-state index is 10.7. The Labute approximate surface area is 98.1 Å². The number of rotatable bonds is 3. The first-order valence-corrected chi connectivity index (χ1v) is 5.14. The fourth-order valence-corrected chi connectivity index (χ4v) is 1.43. The number of nitrogens with two attached hydrogens (primary N) is 1. The number of hydrogen-bond acceptors (Lipinski definition) is 3. The van der Waals surface area contributed by atoms with Gasteiger partial charge in [0, 0.05) is 6.07 Å². The summed E-state index contributed by atoms with van der Waals surface area (Å²) in [6.45, 7) is 3.46. The van der Waals surface area contributed by atoms with E-state index in [9.17, 15) is 10.1 Å². The van der Waals surface area contributed by atoms with Crippen molar-refractivity contribution in [3.05, 3.63) is 33.4 Å². The molecule has 1 rings (SSSR count). The van der Waals surface area contributed by atoms with Gasteiger partial charge in [-0.2, -0.15) is 0 Å². The van der Waals surface area contributed by atoms with Crippen molar-refractivity contribution in [2.75, 3.05) is 5.88 Å². The van der Waals surface area contributed by atoms with Gasteiger partial charge < -0.3 is 5.73 Å². The van der Waals surface area contributed by atoms with E-state index in [1.54, 1.807) is 13.0 Å². The van der Waals surface area contributed by atoms with E-state index in [4.69, 9.17) is 17.3 Å². The van der Waals surface area contributed by atoms with Crippen molar-refractivity contribution in [2.45, 2.75) is 13.8 Å². The van der Waals surface area contributed by atoms with Crippen molar-refractivity contribution in [3.63, 3.8) is 0 Å². The van der Waals surface area contributed by atoms with Gasteiger partial charge in [0.1, 0.15) is 5.84 Å². The number of aliphatic imine (C=N–C) groups is 1. The Balaban J connectivity index is 3.38. The van der Waals surface area contributed by atoms with Crippen molar-refractivity contribution >= 4 is 28.8 Å². The molecule has 86 valence electrons. The molecule has 16 heavy (non-hydrogen) atoms. The van der Waals surface area contributed by atoms with E-state index in [2.05, 4.69) is 4.99 Å². The third kappa shape index (κ3) is 2.49. The van der Waals surface area contributed by atoms with Crippen molar-refractivity contribution in [2.24, 2.45) is 10.7 Å². The van der Waals surface area contributed by atoms with Crippen LogP contribution in [0.25, 0.3) is 0 Å². The van der Waals surface area contributed by atoms with Gasteiger partial charge in [0.05, 0.1) is 22.1 Å². The fourth-order valence-electron chi connectivity index (χ4n) is 1.37. The average molecular weight is 242 g/mol. The first kappa shape index (κ1) is 12.4. The highest BCUT2D eigenvalue weighted by Gasteiger charge is 2.15. The van der Waals surface area contributed by atoms with Crippen LogP contribution in [-0.2, 0) is 0 Å². The Morgan fingerprint density at radius 2 is 2.19 bits per heavy atom. The van der Waals surface area contributed by atoms with Crippen molar-refractivity contribution in [1.82, 2.24) is 0 Å². The molecule has 1 aromatic carbocycles. The van der Waals surface area contributed by atoms with Crippen LogP contribution in [0, 0.1) is 24.0 Å². The van der Waals surface area contributed by atoms with Gasteiger partial charge in [0.25, 0.3) is 5.69 Å². The summed E-state index contributed by atoms with van der Waals surface area (Å²) in [5, 5.41) is 10.7. The number of aryl methyl sites for hydroxylation is 1. The van der Waals surface area contributed by atoms with Crippen LogP contribution in [0.5, 0.6) is 0 Å². The zero-order valence-electron chi connectivity index (χ0n) is 9.03. The van der Waals surface area contributed by atoms with Crippen LogP contribution in [0.15, 0.2) is 17.1 Å². The lowest BCUT2D eigenvalue weighted by atomic mass is 10.1. The van der Waals surface area contributed by atoms with Crippen molar-refractivity contribution in [3.8, 4) is 0 Å². The van der Waals surface area contributed by atoms with E-state index in [-0.39, 0.29) is 17.4 Å². The fraction of sp³-hybridized carbons (Fsp3) is 0.300. The summed E-state index contributed by atoms with van der Waals surface area (Å²) in [5.41, 5.74) is 7.40. The second-order valence-corrected chi connectivity index (χ2v) is 3.64. The van der Waals surface area contributed by atoms with Crippen LogP contribution in [0.3, 0.4) is 0 Å². The van der Waals surface area contributed by atoms with Crippen LogP contribution in [0.4, 0.5) is 11.4 Å². The van der Waals surface area contributed by atoms with E-state index < -0.39 is 4.92 Å². The maximum Gasteiger partial charge on any atom is 0.274 e. The third-order valence-electron chi connectivity index (χ3n) is 2.19. The van der Waals surface area contributed by atoms with Crippen LogP contribution in [-0.4, -0.2) is 16.6 Å². The summed E-state index contributed by atoms with van der Waals surface area (Å²) in [5.74, 6) is 0.343. The molecule has 0 aromatic heterocycles. The number of nitro groups is 1. The van der Waals surface area contributed by atoms with Gasteiger partial charge in [-0.15, -0.1) is 11.6 Å². The smallest absolute Gasteiger partial charge is 0.274 e. The predicted octanol–water partition coefficient (Wildman–Crippen LogP) is 2.44. The topological polar surface area (TPSA) is 81.5 Å². The minimum atomic E-state index is -0.440. The van der Waals surface area contributed by atoms with Crippen LogP contribution in [0.1, 0.15) is 11.1 Å². The third-order valence-corrected chi connectivity index (χ3v) is 2.47. The van der Waals surface area contributed by atoms with Crippen molar-refractivity contribution in [1.29, 1.82) is 0 Å². The normalized spacial score (nSPS) is 11.6. The highest BCUT2D eigenvalue weighted by Crippen LogP contribution is 2.31. The van der Waals surface area contributed by atoms with Gasteiger partial charge in [-0.05, 0) is 19.4 Å². The summed E-state index contributed by atoms with van der Waals surface area (Å²) in [6.07, 6.45) is 0. The molecule has 0 aliphatic carbocycles. The lowest BCUT2D eigenvalue weighted by Crippen LogP contribution is -2.12. The number of hydrogen-bond donors (Lipinski definition) is 1. The molecule has 0 spiro atoms. The van der Waals surface area contributed by atoms with Gasteiger partial charge in [-0.1, -0.05) is 6.07 Å². The molecule has 0 unspecified atom stereocenters. The van der Waals surface area contributed by atoms with Crippen LogP contribution >= 0.6 is 11.6 Å². The molecule has 0 bridgehead atoms. The molecule has 0 saturated carbocycles. The zero-order valence-corrected chi connectivity index (χ0v) is 9.78. The van der Waals surface area contributed by atoms with E-state index in [1.165, 1.54) is 6.07 Å². The summed E-state index contributed by atoms with van der Waals surface area (Å²) in [4.78, 5) is 14.4. The van der Waals surface area contributed by atoms with E-state index >= 15 is 0 Å². The molecule has 0 amide bonds. The Hall–Kier alpha value is -1.62. The van der Waals surface area contributed by atoms with Crippen molar-refractivity contribution < 1.29 is 4.92 Å². The summed E-state index contributed by atoms with van der Waals surface area (Å²) in [7, 11) is 0. The highest BCUT2D eigenvalue weighted by atomic mass is 35.5. The van der Waals surface area contributed by atoms with Gasteiger partial charge in [-0.3, -0.25) is 10.1 Å². The monoisotopic (exact) mass is 241 g/mol. The zero-order chi connectivity index (χ0) is 12.3. The second kappa shape index (κ2) is 4.94. The molecule has 0 radical (unpaired) electrons. The standard InChI is InChI=1S/C10H12ClN3O2/c1-6-3-4-8(14(15)16)7(2)10(6)13-9(12)5-11/h3-4H,5H2,1-2H3,(H2,12,13). The van der Waals surface area contributed by atoms with Gasteiger partial charge in [-0.25, -0.2) is 4.99 Å². The predicted molar refractivity (Wildman–Crippen MR) is 64.6 cm³/mol. The van der Waals surface area contributed by atoms with E-state index in [0.29, 0.717) is 11.3 Å². The first-order chi connectivity index (χ1) is 7.47. The van der Waals surface area contributed by atoms with Gasteiger partial charge >= 0.3 is 0 Å². The molecule has 6 heteroatoms. The Morgan fingerprint density at radius 3 is 2.69 bits per heavy atom. The van der Waals surface area contributed by atoms with Crippen LogP contribution in [0.2, 0.25) is 0 Å². The van der Waals surface area contributed by atoms with Gasteiger partial charge in [0.15, 0.2) is 0 Å². The molecule has 0 heterocycles. The molecule has 0 aliphatic heterocycles. The van der Waals surface area contributed by atoms with Crippen LogP contribution < -0.4 is 5.73 Å². The molecule has 1 aromatic rings. The minimum Gasteiger partial charge on any atom is -0.386 e. The number of benzene rings is 1. The quantitative estimate of drug-likeness (QED) is 0.290. The summed E-state index contributed by atoms with van der Waals surface area (Å²) >= 11 is 5.52. The molecule has 0 saturated heterocycles. The highest BCUT2D eigenvalue weighted by molar-refractivity contribution is 6.28. The van der Waals surface area contributed by atoms with E-state index in [0.717, 1.165) is 5.56 Å².